The second-order valence-electron chi connectivity index (χ2n) is 3.93. The molecule has 0 saturated carbocycles. The minimum absolute atomic E-state index is 0.117. The van der Waals surface area contributed by atoms with Gasteiger partial charge in [-0.25, -0.2) is 14.5 Å². The highest BCUT2D eigenvalue weighted by Crippen LogP contribution is 2.13. The van der Waals surface area contributed by atoms with Crippen molar-refractivity contribution in [3.63, 3.8) is 0 Å². The van der Waals surface area contributed by atoms with Crippen LogP contribution in [0.5, 0.6) is 0 Å². The van der Waals surface area contributed by atoms with E-state index in [2.05, 4.69) is 15.4 Å². The Hall–Kier alpha value is -2.70. The Bertz CT molecular complexity index is 595. The molecule has 1 aromatic carbocycles. The van der Waals surface area contributed by atoms with Gasteiger partial charge in [-0.1, -0.05) is 6.07 Å². The van der Waals surface area contributed by atoms with Crippen molar-refractivity contribution in [2.45, 2.75) is 13.0 Å². The van der Waals surface area contributed by atoms with Gasteiger partial charge in [0.05, 0.1) is 5.56 Å². The number of rotatable bonds is 4. The van der Waals surface area contributed by atoms with Crippen LogP contribution in [0.15, 0.2) is 36.9 Å². The molecule has 0 radical (unpaired) electrons. The number of carbonyl (C=O) groups is 2. The maximum atomic E-state index is 11.9. The summed E-state index contributed by atoms with van der Waals surface area (Å²) in [6.07, 6.45) is 2.78. The summed E-state index contributed by atoms with van der Waals surface area (Å²) in [5, 5.41) is 15.4. The maximum Gasteiger partial charge on any atom is 0.335 e. The standard InChI is InChI=1S/C12H12N4O3/c1-8(16-7-13-6-14-16)11(17)15-10-4-2-3-9(5-10)12(18)19/h2-8H,1H3,(H,15,17)(H,18,19). The molecule has 7 nitrogen and oxygen atoms in total. The number of benzene rings is 1. The van der Waals surface area contributed by atoms with Gasteiger partial charge in [-0.2, -0.15) is 5.10 Å². The first-order valence-corrected chi connectivity index (χ1v) is 5.56. The molecule has 1 unspecified atom stereocenters. The van der Waals surface area contributed by atoms with Crippen LogP contribution < -0.4 is 5.32 Å². The summed E-state index contributed by atoms with van der Waals surface area (Å²) in [5.74, 6) is -1.34. The Kier molecular flexibility index (Phi) is 3.56. The predicted octanol–water partition coefficient (Wildman–Crippen LogP) is 1.18. The maximum absolute atomic E-state index is 11.9. The van der Waals surface area contributed by atoms with Crippen LogP contribution in [0.4, 0.5) is 5.69 Å². The first kappa shape index (κ1) is 12.7. The number of aromatic carboxylic acids is 1. The Labute approximate surface area is 108 Å². The molecule has 0 fully saturated rings. The molecule has 1 atom stereocenters. The molecule has 0 aliphatic rings. The van der Waals surface area contributed by atoms with E-state index in [1.54, 1.807) is 19.1 Å². The van der Waals surface area contributed by atoms with E-state index < -0.39 is 12.0 Å². The number of aromatic nitrogens is 3. The van der Waals surface area contributed by atoms with Gasteiger partial charge >= 0.3 is 5.97 Å². The van der Waals surface area contributed by atoms with Gasteiger partial charge in [-0.15, -0.1) is 0 Å². The normalized spacial score (nSPS) is 11.8. The van der Waals surface area contributed by atoms with Gasteiger partial charge in [0.2, 0.25) is 5.91 Å². The Balaban J connectivity index is 2.11. The van der Waals surface area contributed by atoms with E-state index in [4.69, 9.17) is 5.11 Å². The van der Waals surface area contributed by atoms with Crippen LogP contribution in [-0.4, -0.2) is 31.7 Å². The summed E-state index contributed by atoms with van der Waals surface area (Å²) in [6.45, 7) is 1.67. The Morgan fingerprint density at radius 2 is 2.21 bits per heavy atom. The van der Waals surface area contributed by atoms with Crippen molar-refractivity contribution in [1.82, 2.24) is 14.8 Å². The summed E-state index contributed by atoms with van der Waals surface area (Å²) in [4.78, 5) is 26.5. The third kappa shape index (κ3) is 2.95. The number of hydrogen-bond acceptors (Lipinski definition) is 4. The van der Waals surface area contributed by atoms with Gasteiger partial charge in [-0.3, -0.25) is 4.79 Å². The average Bonchev–Trinajstić information content (AvgIpc) is 2.92. The topological polar surface area (TPSA) is 97.1 Å². The van der Waals surface area contributed by atoms with E-state index in [1.165, 1.54) is 29.5 Å². The molecule has 0 aliphatic heterocycles. The van der Waals surface area contributed by atoms with Gasteiger partial charge in [-0.05, 0) is 25.1 Å². The van der Waals surface area contributed by atoms with Crippen LogP contribution >= 0.6 is 0 Å². The van der Waals surface area contributed by atoms with Crippen molar-refractivity contribution in [2.24, 2.45) is 0 Å². The fourth-order valence-corrected chi connectivity index (χ4v) is 1.51. The lowest BCUT2D eigenvalue weighted by Crippen LogP contribution is -2.24. The van der Waals surface area contributed by atoms with E-state index in [0.717, 1.165) is 0 Å². The largest absolute Gasteiger partial charge is 0.478 e. The summed E-state index contributed by atoms with van der Waals surface area (Å²) in [5.41, 5.74) is 0.545. The summed E-state index contributed by atoms with van der Waals surface area (Å²) < 4.78 is 1.41. The van der Waals surface area contributed by atoms with Gasteiger partial charge < -0.3 is 10.4 Å². The SMILES string of the molecule is CC(C(=O)Nc1cccc(C(=O)O)c1)n1cncn1. The van der Waals surface area contributed by atoms with Gasteiger partial charge in [0.15, 0.2) is 0 Å². The van der Waals surface area contributed by atoms with Crippen LogP contribution in [0.3, 0.4) is 0 Å². The summed E-state index contributed by atoms with van der Waals surface area (Å²) in [6, 6.07) is 5.51. The van der Waals surface area contributed by atoms with Gasteiger partial charge in [0.1, 0.15) is 18.7 Å². The molecule has 2 N–H and O–H groups in total. The second kappa shape index (κ2) is 5.30. The molecule has 7 heteroatoms. The van der Waals surface area contributed by atoms with Crippen molar-refractivity contribution in [1.29, 1.82) is 0 Å². The van der Waals surface area contributed by atoms with E-state index in [-0.39, 0.29) is 11.5 Å². The summed E-state index contributed by atoms with van der Waals surface area (Å²) in [7, 11) is 0. The lowest BCUT2D eigenvalue weighted by molar-refractivity contribution is -0.119. The lowest BCUT2D eigenvalue weighted by atomic mass is 10.2. The zero-order chi connectivity index (χ0) is 13.8. The predicted molar refractivity (Wildman–Crippen MR) is 66.8 cm³/mol. The van der Waals surface area contributed by atoms with E-state index in [0.29, 0.717) is 5.69 Å². The number of nitrogens with zero attached hydrogens (tertiary/aromatic N) is 3. The highest BCUT2D eigenvalue weighted by atomic mass is 16.4. The molecule has 0 bridgehead atoms. The smallest absolute Gasteiger partial charge is 0.335 e. The molecule has 0 aliphatic carbocycles. The number of carboxylic acid groups (broad SMARTS) is 1. The highest BCUT2D eigenvalue weighted by molar-refractivity contribution is 5.95. The zero-order valence-electron chi connectivity index (χ0n) is 10.1. The quantitative estimate of drug-likeness (QED) is 0.860. The van der Waals surface area contributed by atoms with Crippen LogP contribution in [-0.2, 0) is 4.79 Å². The number of hydrogen-bond donors (Lipinski definition) is 2. The van der Waals surface area contributed by atoms with Crippen molar-refractivity contribution >= 4 is 17.6 Å². The number of anilines is 1. The van der Waals surface area contributed by atoms with Crippen molar-refractivity contribution in [2.75, 3.05) is 5.32 Å². The Morgan fingerprint density at radius 3 is 2.84 bits per heavy atom. The third-order valence-electron chi connectivity index (χ3n) is 2.59. The molecule has 1 amide bonds. The molecule has 19 heavy (non-hydrogen) atoms. The molecule has 0 saturated heterocycles. The number of carbonyl (C=O) groups excluding carboxylic acids is 1. The minimum atomic E-state index is -1.04. The summed E-state index contributed by atoms with van der Waals surface area (Å²) >= 11 is 0. The molecular weight excluding hydrogens is 248 g/mol. The number of nitrogens with one attached hydrogen (secondary N) is 1. The van der Waals surface area contributed by atoms with Gasteiger partial charge in [0.25, 0.3) is 0 Å². The number of amides is 1. The van der Waals surface area contributed by atoms with Crippen molar-refractivity contribution < 1.29 is 14.7 Å². The van der Waals surface area contributed by atoms with Crippen LogP contribution in [0.1, 0.15) is 23.3 Å². The molecular formula is C12H12N4O3. The monoisotopic (exact) mass is 260 g/mol. The zero-order valence-corrected chi connectivity index (χ0v) is 10.1. The molecule has 2 rings (SSSR count). The first-order valence-electron chi connectivity index (χ1n) is 5.56. The average molecular weight is 260 g/mol. The van der Waals surface area contributed by atoms with Crippen molar-refractivity contribution in [3.05, 3.63) is 42.5 Å². The fourth-order valence-electron chi connectivity index (χ4n) is 1.51. The molecule has 1 heterocycles. The second-order valence-corrected chi connectivity index (χ2v) is 3.93. The van der Waals surface area contributed by atoms with Crippen LogP contribution in [0.25, 0.3) is 0 Å². The first-order chi connectivity index (χ1) is 9.08. The van der Waals surface area contributed by atoms with E-state index >= 15 is 0 Å². The molecule has 0 spiro atoms. The number of carboxylic acids is 1. The third-order valence-corrected chi connectivity index (χ3v) is 2.59. The molecule has 1 aromatic heterocycles. The van der Waals surface area contributed by atoms with Crippen LogP contribution in [0, 0.1) is 0 Å². The molecule has 98 valence electrons. The van der Waals surface area contributed by atoms with Crippen molar-refractivity contribution in [3.8, 4) is 0 Å². The van der Waals surface area contributed by atoms with Gasteiger partial charge in [0, 0.05) is 5.69 Å². The van der Waals surface area contributed by atoms with E-state index in [9.17, 15) is 9.59 Å². The Morgan fingerprint density at radius 1 is 1.42 bits per heavy atom. The van der Waals surface area contributed by atoms with Crippen LogP contribution in [0.2, 0.25) is 0 Å². The fraction of sp³-hybridized carbons (Fsp3) is 0.167. The highest BCUT2D eigenvalue weighted by Gasteiger charge is 2.15. The lowest BCUT2D eigenvalue weighted by Gasteiger charge is -2.12. The van der Waals surface area contributed by atoms with E-state index in [1.807, 2.05) is 0 Å². The molecule has 2 aromatic rings. The minimum Gasteiger partial charge on any atom is -0.478 e.